The molecule has 2 saturated carbocycles. The van der Waals surface area contributed by atoms with Gasteiger partial charge in [0.25, 0.3) is 0 Å². The molecule has 0 aromatic rings. The van der Waals surface area contributed by atoms with Crippen molar-refractivity contribution in [3.8, 4) is 0 Å². The first-order valence-corrected chi connectivity index (χ1v) is 4.85. The highest BCUT2D eigenvalue weighted by molar-refractivity contribution is 5.78. The van der Waals surface area contributed by atoms with Gasteiger partial charge in [-0.15, -0.1) is 0 Å². The van der Waals surface area contributed by atoms with E-state index in [9.17, 15) is 9.90 Å². The van der Waals surface area contributed by atoms with Crippen LogP contribution in [-0.2, 0) is 4.79 Å². The Hall–Kier alpha value is -0.570. The van der Waals surface area contributed by atoms with Gasteiger partial charge in [0.1, 0.15) is 0 Å². The number of fused-ring (bicyclic) bond motifs is 2. The highest BCUT2D eigenvalue weighted by atomic mass is 16.4. The summed E-state index contributed by atoms with van der Waals surface area (Å²) in [5.74, 6) is -0.700. The smallest absolute Gasteiger partial charge is 0.335 e. The summed E-state index contributed by atoms with van der Waals surface area (Å²) in [5.41, 5.74) is -1.43. The third kappa shape index (κ3) is 0.909. The fourth-order valence-electron chi connectivity index (χ4n) is 3.37. The van der Waals surface area contributed by atoms with Gasteiger partial charge in [0, 0.05) is 5.92 Å². The number of rotatable bonds is 1. The van der Waals surface area contributed by atoms with E-state index in [1.807, 2.05) is 0 Å². The van der Waals surface area contributed by atoms with Crippen LogP contribution in [-0.4, -0.2) is 21.8 Å². The van der Waals surface area contributed by atoms with Crippen LogP contribution >= 0.6 is 0 Å². The standard InChI is InChI=1S/C10H16O3/c1-9(2)6-3-4-7(9)10(13,5-6)8(11)12/h6-7,13H,3-5H2,1-2H3,(H,11,12). The summed E-state index contributed by atoms with van der Waals surface area (Å²) in [6.45, 7) is 4.16. The Labute approximate surface area is 77.8 Å². The van der Waals surface area contributed by atoms with Crippen LogP contribution in [0.15, 0.2) is 0 Å². The van der Waals surface area contributed by atoms with Gasteiger partial charge in [-0.1, -0.05) is 13.8 Å². The zero-order valence-corrected chi connectivity index (χ0v) is 8.08. The second-order valence-electron chi connectivity index (χ2n) is 5.08. The predicted molar refractivity (Wildman–Crippen MR) is 47.2 cm³/mol. The molecule has 74 valence electrons. The summed E-state index contributed by atoms with van der Waals surface area (Å²) in [5, 5.41) is 19.0. The maximum Gasteiger partial charge on any atom is 0.335 e. The van der Waals surface area contributed by atoms with Crippen molar-refractivity contribution in [3.05, 3.63) is 0 Å². The van der Waals surface area contributed by atoms with E-state index < -0.39 is 11.6 Å². The van der Waals surface area contributed by atoms with Crippen molar-refractivity contribution in [2.45, 2.75) is 38.7 Å². The Bertz CT molecular complexity index is 259. The van der Waals surface area contributed by atoms with Gasteiger partial charge in [0.05, 0.1) is 0 Å². The molecule has 3 nitrogen and oxygen atoms in total. The van der Waals surface area contributed by atoms with E-state index >= 15 is 0 Å². The maximum atomic E-state index is 11.0. The molecule has 0 amide bonds. The van der Waals surface area contributed by atoms with E-state index in [0.29, 0.717) is 12.3 Å². The van der Waals surface area contributed by atoms with E-state index in [0.717, 1.165) is 12.8 Å². The summed E-state index contributed by atoms with van der Waals surface area (Å²) in [7, 11) is 0. The van der Waals surface area contributed by atoms with Crippen LogP contribution in [0, 0.1) is 17.3 Å². The van der Waals surface area contributed by atoms with E-state index in [4.69, 9.17) is 5.11 Å². The quantitative estimate of drug-likeness (QED) is 0.645. The second kappa shape index (κ2) is 2.27. The minimum Gasteiger partial charge on any atom is -0.479 e. The first kappa shape index (κ1) is 9.00. The highest BCUT2D eigenvalue weighted by Gasteiger charge is 2.64. The van der Waals surface area contributed by atoms with Gasteiger partial charge in [0.2, 0.25) is 0 Å². The van der Waals surface area contributed by atoms with Crippen LogP contribution in [0.2, 0.25) is 0 Å². The molecule has 3 heteroatoms. The largest absolute Gasteiger partial charge is 0.479 e. The molecule has 3 unspecified atom stereocenters. The predicted octanol–water partition coefficient (Wildman–Crippen LogP) is 1.26. The van der Waals surface area contributed by atoms with Crippen LogP contribution in [0.3, 0.4) is 0 Å². The van der Waals surface area contributed by atoms with Gasteiger partial charge in [-0.25, -0.2) is 4.79 Å². The van der Waals surface area contributed by atoms with Crippen LogP contribution in [0.1, 0.15) is 33.1 Å². The Kier molecular flexibility index (Phi) is 1.57. The zero-order chi connectivity index (χ0) is 9.85. The molecule has 0 heterocycles. The summed E-state index contributed by atoms with van der Waals surface area (Å²) in [6, 6.07) is 0. The van der Waals surface area contributed by atoms with Crippen molar-refractivity contribution in [2.24, 2.45) is 17.3 Å². The van der Waals surface area contributed by atoms with Crippen LogP contribution in [0.25, 0.3) is 0 Å². The number of aliphatic carboxylic acids is 1. The molecular weight excluding hydrogens is 168 g/mol. The van der Waals surface area contributed by atoms with Gasteiger partial charge in [0.15, 0.2) is 5.60 Å². The van der Waals surface area contributed by atoms with Gasteiger partial charge in [-0.3, -0.25) is 0 Å². The van der Waals surface area contributed by atoms with Crippen molar-refractivity contribution in [1.82, 2.24) is 0 Å². The molecule has 13 heavy (non-hydrogen) atoms. The van der Waals surface area contributed by atoms with E-state index in [1.165, 1.54) is 0 Å². The van der Waals surface area contributed by atoms with E-state index in [2.05, 4.69) is 13.8 Å². The number of hydrogen-bond acceptors (Lipinski definition) is 2. The van der Waals surface area contributed by atoms with Gasteiger partial charge in [-0.2, -0.15) is 0 Å². The maximum absolute atomic E-state index is 11.0. The minimum absolute atomic E-state index is 0.00708. The first-order chi connectivity index (χ1) is 5.89. The number of carboxylic acids is 1. The van der Waals surface area contributed by atoms with Crippen molar-refractivity contribution < 1.29 is 15.0 Å². The minimum atomic E-state index is -1.44. The average molecular weight is 184 g/mol. The van der Waals surface area contributed by atoms with Gasteiger partial charge >= 0.3 is 5.97 Å². The molecule has 0 spiro atoms. The van der Waals surface area contributed by atoms with E-state index in [1.54, 1.807) is 0 Å². The normalized spacial score (nSPS) is 46.7. The number of carbonyl (C=O) groups is 1. The molecule has 2 rings (SSSR count). The van der Waals surface area contributed by atoms with Crippen molar-refractivity contribution >= 4 is 5.97 Å². The fraction of sp³-hybridized carbons (Fsp3) is 0.900. The van der Waals surface area contributed by atoms with E-state index in [-0.39, 0.29) is 11.3 Å². The Morgan fingerprint density at radius 3 is 2.23 bits per heavy atom. The summed E-state index contributed by atoms with van der Waals surface area (Å²) in [6.07, 6.45) is 2.38. The molecule has 0 aromatic heterocycles. The Balaban J connectivity index is 2.36. The molecule has 2 aliphatic rings. The van der Waals surface area contributed by atoms with Crippen molar-refractivity contribution in [1.29, 1.82) is 0 Å². The van der Waals surface area contributed by atoms with Gasteiger partial charge < -0.3 is 10.2 Å². The Morgan fingerprint density at radius 1 is 1.38 bits per heavy atom. The monoisotopic (exact) mass is 184 g/mol. The fourth-order valence-corrected chi connectivity index (χ4v) is 3.37. The first-order valence-electron chi connectivity index (χ1n) is 4.85. The molecule has 2 fully saturated rings. The van der Waals surface area contributed by atoms with Crippen LogP contribution in [0.4, 0.5) is 0 Å². The number of aliphatic hydroxyl groups is 1. The molecule has 0 saturated heterocycles. The summed E-state index contributed by atoms with van der Waals surface area (Å²) >= 11 is 0. The van der Waals surface area contributed by atoms with Crippen LogP contribution < -0.4 is 0 Å². The van der Waals surface area contributed by atoms with Gasteiger partial charge in [-0.05, 0) is 30.6 Å². The highest BCUT2D eigenvalue weighted by Crippen LogP contribution is 2.61. The molecule has 2 bridgehead atoms. The number of hydrogen-bond donors (Lipinski definition) is 2. The molecule has 0 aromatic carbocycles. The van der Waals surface area contributed by atoms with Crippen molar-refractivity contribution in [2.75, 3.05) is 0 Å². The van der Waals surface area contributed by atoms with Crippen molar-refractivity contribution in [3.63, 3.8) is 0 Å². The topological polar surface area (TPSA) is 57.5 Å². The molecule has 3 atom stereocenters. The number of carboxylic acid groups (broad SMARTS) is 1. The van der Waals surface area contributed by atoms with Crippen LogP contribution in [0.5, 0.6) is 0 Å². The molecule has 0 aliphatic heterocycles. The molecule has 2 aliphatic carbocycles. The molecule has 2 N–H and O–H groups in total. The lowest BCUT2D eigenvalue weighted by Gasteiger charge is -2.30. The molecular formula is C10H16O3. The second-order valence-corrected chi connectivity index (χ2v) is 5.08. The lowest BCUT2D eigenvalue weighted by atomic mass is 9.78. The third-order valence-electron chi connectivity index (χ3n) is 4.26. The third-order valence-corrected chi connectivity index (χ3v) is 4.26. The summed E-state index contributed by atoms with van der Waals surface area (Å²) in [4.78, 5) is 11.0. The average Bonchev–Trinajstić information content (AvgIpc) is 2.38. The molecule has 0 radical (unpaired) electrons. The SMILES string of the molecule is CC1(C)C2CCC1C(O)(C(=O)O)C2. The zero-order valence-electron chi connectivity index (χ0n) is 8.08. The summed E-state index contributed by atoms with van der Waals surface area (Å²) < 4.78 is 0. The Morgan fingerprint density at radius 2 is 2.00 bits per heavy atom. The lowest BCUT2D eigenvalue weighted by molar-refractivity contribution is -0.165. The lowest BCUT2D eigenvalue weighted by Crippen LogP contribution is -2.45.